The molecule has 0 unspecified atom stereocenters. The standard InChI is InChI=1S/C26H27FN2O/c1-17-2-5-20(6-3-17)29-25(30)23-10-14-26(23)12-8-18(9-13-26)21-11-15-28-24-7-4-19(27)16-22(21)24/h2-7,11,15-16,18,23H,8-10,12-14H2,1H3,(H,29,30)/t18?,23-,26?/m1/s1. The Bertz CT molecular complexity index is 1080. The number of fused-ring (bicyclic) bond motifs is 1. The average molecular weight is 403 g/mol. The van der Waals surface area contributed by atoms with Crippen LogP contribution in [0.2, 0.25) is 0 Å². The Morgan fingerprint density at radius 1 is 1.03 bits per heavy atom. The van der Waals surface area contributed by atoms with Crippen LogP contribution in [0.4, 0.5) is 10.1 Å². The Hall–Kier alpha value is -2.75. The van der Waals surface area contributed by atoms with Crippen LogP contribution in [-0.2, 0) is 4.79 Å². The first-order valence-corrected chi connectivity index (χ1v) is 11.0. The number of hydrogen-bond donors (Lipinski definition) is 1. The molecule has 0 aliphatic heterocycles. The molecule has 5 rings (SSSR count). The number of nitrogens with one attached hydrogen (secondary N) is 1. The zero-order chi connectivity index (χ0) is 20.7. The van der Waals surface area contributed by atoms with E-state index in [0.29, 0.717) is 5.92 Å². The molecule has 1 aromatic heterocycles. The maximum Gasteiger partial charge on any atom is 0.228 e. The summed E-state index contributed by atoms with van der Waals surface area (Å²) in [5, 5.41) is 4.06. The van der Waals surface area contributed by atoms with E-state index in [1.807, 2.05) is 43.5 Å². The van der Waals surface area contributed by atoms with Crippen LogP contribution in [-0.4, -0.2) is 10.9 Å². The maximum atomic E-state index is 13.8. The topological polar surface area (TPSA) is 42.0 Å². The summed E-state index contributed by atoms with van der Waals surface area (Å²) in [4.78, 5) is 17.4. The molecular weight excluding hydrogens is 375 g/mol. The molecule has 154 valence electrons. The van der Waals surface area contributed by atoms with Crippen LogP contribution in [0.5, 0.6) is 0 Å². The van der Waals surface area contributed by atoms with E-state index < -0.39 is 0 Å². The van der Waals surface area contributed by atoms with Gasteiger partial charge in [-0.15, -0.1) is 0 Å². The largest absolute Gasteiger partial charge is 0.326 e. The van der Waals surface area contributed by atoms with Gasteiger partial charge in [-0.25, -0.2) is 4.39 Å². The molecule has 1 spiro atoms. The van der Waals surface area contributed by atoms with Crippen LogP contribution >= 0.6 is 0 Å². The van der Waals surface area contributed by atoms with E-state index >= 15 is 0 Å². The Morgan fingerprint density at radius 3 is 2.47 bits per heavy atom. The predicted octanol–water partition coefficient (Wildman–Crippen LogP) is 6.38. The van der Waals surface area contributed by atoms with E-state index in [-0.39, 0.29) is 23.1 Å². The van der Waals surface area contributed by atoms with Crippen LogP contribution < -0.4 is 5.32 Å². The monoisotopic (exact) mass is 402 g/mol. The van der Waals surface area contributed by atoms with Gasteiger partial charge in [-0.2, -0.15) is 0 Å². The lowest BCUT2D eigenvalue weighted by molar-refractivity contribution is -0.133. The average Bonchev–Trinajstić information content (AvgIpc) is 2.74. The van der Waals surface area contributed by atoms with Crippen molar-refractivity contribution in [3.05, 3.63) is 71.7 Å². The minimum absolute atomic E-state index is 0.103. The fourth-order valence-corrected chi connectivity index (χ4v) is 5.57. The summed E-state index contributed by atoms with van der Waals surface area (Å²) in [6.07, 6.45) is 8.16. The summed E-state index contributed by atoms with van der Waals surface area (Å²) < 4.78 is 13.8. The molecule has 1 heterocycles. The van der Waals surface area contributed by atoms with Gasteiger partial charge in [-0.05, 0) is 98.7 Å². The second-order valence-electron chi connectivity index (χ2n) is 9.14. The summed E-state index contributed by atoms with van der Waals surface area (Å²) in [5.74, 6) is 0.464. The van der Waals surface area contributed by atoms with Gasteiger partial charge in [0.15, 0.2) is 0 Å². The molecule has 1 N–H and O–H groups in total. The molecule has 2 aromatic carbocycles. The molecule has 4 heteroatoms. The van der Waals surface area contributed by atoms with E-state index in [1.165, 1.54) is 17.2 Å². The summed E-state index contributed by atoms with van der Waals surface area (Å²) in [6.45, 7) is 2.05. The first kappa shape index (κ1) is 19.2. The van der Waals surface area contributed by atoms with Crippen molar-refractivity contribution in [1.82, 2.24) is 4.98 Å². The van der Waals surface area contributed by atoms with Gasteiger partial charge in [-0.3, -0.25) is 9.78 Å². The number of halogens is 1. The third-order valence-corrected chi connectivity index (χ3v) is 7.46. The number of hydrogen-bond acceptors (Lipinski definition) is 2. The molecule has 2 fully saturated rings. The quantitative estimate of drug-likeness (QED) is 0.553. The lowest BCUT2D eigenvalue weighted by Gasteiger charge is -2.52. The van der Waals surface area contributed by atoms with Gasteiger partial charge < -0.3 is 5.32 Å². The number of carbonyl (C=O) groups is 1. The molecule has 0 radical (unpaired) electrons. The zero-order valence-electron chi connectivity index (χ0n) is 17.3. The number of carbonyl (C=O) groups excluding carboxylic acids is 1. The Balaban J connectivity index is 1.29. The van der Waals surface area contributed by atoms with Crippen molar-refractivity contribution in [2.75, 3.05) is 5.32 Å². The van der Waals surface area contributed by atoms with Gasteiger partial charge in [0.05, 0.1) is 5.52 Å². The van der Waals surface area contributed by atoms with Crippen molar-refractivity contribution in [2.24, 2.45) is 11.3 Å². The smallest absolute Gasteiger partial charge is 0.228 e. The van der Waals surface area contributed by atoms with Crippen molar-refractivity contribution < 1.29 is 9.18 Å². The third kappa shape index (κ3) is 3.38. The Morgan fingerprint density at radius 2 is 1.77 bits per heavy atom. The van der Waals surface area contributed by atoms with Crippen molar-refractivity contribution in [3.8, 4) is 0 Å². The summed E-state index contributed by atoms with van der Waals surface area (Å²) >= 11 is 0. The lowest BCUT2D eigenvalue weighted by atomic mass is 9.52. The van der Waals surface area contributed by atoms with E-state index in [1.54, 1.807) is 12.1 Å². The summed E-state index contributed by atoms with van der Waals surface area (Å²) in [5.41, 5.74) is 4.27. The number of pyridine rings is 1. The van der Waals surface area contributed by atoms with Crippen LogP contribution in [0.25, 0.3) is 10.9 Å². The molecule has 2 aliphatic rings. The first-order chi connectivity index (χ1) is 14.5. The van der Waals surface area contributed by atoms with Crippen molar-refractivity contribution in [3.63, 3.8) is 0 Å². The van der Waals surface area contributed by atoms with Gasteiger partial charge in [0, 0.05) is 23.2 Å². The minimum atomic E-state index is -0.212. The highest BCUT2D eigenvalue weighted by molar-refractivity contribution is 5.93. The fourth-order valence-electron chi connectivity index (χ4n) is 5.57. The number of aryl methyl sites for hydroxylation is 1. The van der Waals surface area contributed by atoms with Crippen LogP contribution in [0.1, 0.15) is 55.6 Å². The number of amides is 1. The lowest BCUT2D eigenvalue weighted by Crippen LogP contribution is -2.48. The fraction of sp³-hybridized carbons (Fsp3) is 0.385. The summed E-state index contributed by atoms with van der Waals surface area (Å²) in [6, 6.07) is 14.9. The number of aromatic nitrogens is 1. The minimum Gasteiger partial charge on any atom is -0.326 e. The van der Waals surface area contributed by atoms with Crippen molar-refractivity contribution in [1.29, 1.82) is 0 Å². The molecule has 2 saturated carbocycles. The molecule has 30 heavy (non-hydrogen) atoms. The summed E-state index contributed by atoms with van der Waals surface area (Å²) in [7, 11) is 0. The predicted molar refractivity (Wildman–Crippen MR) is 118 cm³/mol. The Labute approximate surface area is 176 Å². The van der Waals surface area contributed by atoms with Crippen molar-refractivity contribution in [2.45, 2.75) is 51.4 Å². The van der Waals surface area contributed by atoms with E-state index in [2.05, 4.69) is 10.3 Å². The molecule has 2 aliphatic carbocycles. The van der Waals surface area contributed by atoms with E-state index in [4.69, 9.17) is 0 Å². The van der Waals surface area contributed by atoms with E-state index in [0.717, 1.165) is 55.1 Å². The van der Waals surface area contributed by atoms with Gasteiger partial charge in [0.2, 0.25) is 5.91 Å². The normalized spacial score (nSPS) is 25.8. The second kappa shape index (κ2) is 7.50. The Kier molecular flexibility index (Phi) is 4.80. The van der Waals surface area contributed by atoms with Gasteiger partial charge >= 0.3 is 0 Å². The number of anilines is 1. The van der Waals surface area contributed by atoms with Gasteiger partial charge in [0.1, 0.15) is 5.82 Å². The maximum absolute atomic E-state index is 13.8. The molecule has 0 bridgehead atoms. The third-order valence-electron chi connectivity index (χ3n) is 7.46. The second-order valence-corrected chi connectivity index (χ2v) is 9.14. The van der Waals surface area contributed by atoms with Crippen LogP contribution in [0.15, 0.2) is 54.7 Å². The molecule has 3 nitrogen and oxygen atoms in total. The SMILES string of the molecule is Cc1ccc(NC(=O)[C@H]2CCC23CCC(c2ccnc4ccc(F)cc24)CC3)cc1. The highest BCUT2D eigenvalue weighted by Crippen LogP contribution is 2.58. The molecule has 3 aromatic rings. The molecular formula is C26H27FN2O. The number of benzene rings is 2. The number of nitrogens with zero attached hydrogens (tertiary/aromatic N) is 1. The molecule has 0 saturated heterocycles. The highest BCUT2D eigenvalue weighted by Gasteiger charge is 2.51. The first-order valence-electron chi connectivity index (χ1n) is 11.0. The van der Waals surface area contributed by atoms with Gasteiger partial charge in [-0.1, -0.05) is 17.7 Å². The molecule has 1 atom stereocenters. The number of rotatable bonds is 3. The van der Waals surface area contributed by atoms with E-state index in [9.17, 15) is 9.18 Å². The highest BCUT2D eigenvalue weighted by atomic mass is 19.1. The van der Waals surface area contributed by atoms with Crippen LogP contribution in [0.3, 0.4) is 0 Å². The molecule has 1 amide bonds. The van der Waals surface area contributed by atoms with Gasteiger partial charge in [0.25, 0.3) is 0 Å². The van der Waals surface area contributed by atoms with Crippen molar-refractivity contribution >= 4 is 22.5 Å². The van der Waals surface area contributed by atoms with Crippen LogP contribution in [0, 0.1) is 24.1 Å². The zero-order valence-corrected chi connectivity index (χ0v) is 17.3.